The minimum atomic E-state index is -1.63. The third kappa shape index (κ3) is 19.0. The van der Waals surface area contributed by atoms with Gasteiger partial charge < -0.3 is 67.7 Å². The minimum Gasteiger partial charge on any atom is -0.394 e. The minimum absolute atomic E-state index is 0.143. The number of carbonyl (C=O) groups is 14. The van der Waals surface area contributed by atoms with Crippen molar-refractivity contribution in [1.29, 1.82) is 0 Å². The maximum atomic E-state index is 15.1. The molecule has 0 radical (unpaired) electrons. The molecule has 502 valence electrons. The second kappa shape index (κ2) is 32.7. The highest BCUT2D eigenvalue weighted by atomic mass is 32.2. The van der Waals surface area contributed by atoms with Crippen molar-refractivity contribution in [2.45, 2.75) is 147 Å². The van der Waals surface area contributed by atoms with Gasteiger partial charge in [-0.25, -0.2) is 0 Å². The summed E-state index contributed by atoms with van der Waals surface area (Å²) in [5, 5.41) is 54.4. The van der Waals surface area contributed by atoms with Gasteiger partial charge in [-0.3, -0.25) is 72.0 Å². The van der Waals surface area contributed by atoms with Crippen LogP contribution in [-0.2, 0) is 80.1 Å². The Bertz CT molecular complexity index is 3370. The molecular weight excluding hydrogens is 1230 g/mol. The molecule has 7 rings (SSSR count). The summed E-state index contributed by atoms with van der Waals surface area (Å²) in [6.45, 7) is 6.87. The molecule has 0 saturated carbocycles. The molecule has 12 atom stereocenters. The number of fused-ring (bicyclic) bond motifs is 5. The molecule has 0 unspecified atom stereocenters. The van der Waals surface area contributed by atoms with Crippen LogP contribution in [0.2, 0.25) is 0 Å². The average Bonchev–Trinajstić information content (AvgIpc) is 1.69. The number of aromatic nitrogens is 1. The molecule has 28 nitrogen and oxygen atoms in total. The van der Waals surface area contributed by atoms with E-state index in [-0.39, 0.29) is 50.4 Å². The lowest BCUT2D eigenvalue weighted by molar-refractivity contribution is -0.145. The fourth-order valence-corrected chi connectivity index (χ4v) is 12.7. The van der Waals surface area contributed by atoms with Crippen molar-refractivity contribution in [3.8, 4) is 0 Å². The van der Waals surface area contributed by atoms with Gasteiger partial charge in [0.05, 0.1) is 61.0 Å². The number of anilines is 1. The van der Waals surface area contributed by atoms with Crippen molar-refractivity contribution in [3.63, 3.8) is 0 Å². The monoisotopic (exact) mass is 1310 g/mol. The van der Waals surface area contributed by atoms with Crippen LogP contribution in [0, 0.1) is 35.5 Å². The van der Waals surface area contributed by atoms with Crippen molar-refractivity contribution in [2.24, 2.45) is 35.5 Å². The van der Waals surface area contributed by atoms with Crippen LogP contribution in [0.5, 0.6) is 0 Å². The number of aromatic amines is 1. The van der Waals surface area contributed by atoms with Crippen LogP contribution in [0.1, 0.15) is 97.6 Å². The van der Waals surface area contributed by atoms with Gasteiger partial charge in [0.15, 0.2) is 17.3 Å². The van der Waals surface area contributed by atoms with Gasteiger partial charge in [-0.15, -0.1) is 11.8 Å². The van der Waals surface area contributed by atoms with Crippen LogP contribution >= 0.6 is 11.8 Å². The number of benzene rings is 2. The quantitative estimate of drug-likeness (QED) is 0.0664. The summed E-state index contributed by atoms with van der Waals surface area (Å²) in [4.78, 5) is 198. The van der Waals surface area contributed by atoms with Gasteiger partial charge in [0.2, 0.25) is 53.2 Å². The Kier molecular flexibility index (Phi) is 25.3. The number of para-hydroxylation sites is 1. The SMILES string of the molecule is CC[C@H](C)[C@@H]1NC(=O)CNC(=O)[C@H]2CC(=O)[C@H]([C@@H](C)[C@@H](O)CO)NC(=O)[C@@H]3C[C@@H](O)CN3C(=O)[C@H](CC(=O)NCc3ccc(NC(=O)[C@H](C)CC(=O)[C@@H](NC(=O)CCN4C(=O)C=CC4=O)C(C)C)cc3)CC(=O)[C@H](CSc3[nH]c4ccccc4c3C2)NC(=O)CNC1=O. The van der Waals surface area contributed by atoms with Crippen LogP contribution in [0.15, 0.2) is 65.7 Å². The number of thioether (sulfide) groups is 1. The van der Waals surface area contributed by atoms with E-state index in [1.807, 2.05) is 0 Å². The molecule has 2 aromatic carbocycles. The smallest absolute Gasteiger partial charge is 0.253 e. The molecule has 0 aliphatic carbocycles. The number of H-pyrrole nitrogens is 1. The summed E-state index contributed by atoms with van der Waals surface area (Å²) < 4.78 is 0. The zero-order valence-electron chi connectivity index (χ0n) is 52.7. The molecule has 93 heavy (non-hydrogen) atoms. The van der Waals surface area contributed by atoms with E-state index in [1.165, 1.54) is 13.8 Å². The van der Waals surface area contributed by atoms with Crippen molar-refractivity contribution in [3.05, 3.63) is 71.8 Å². The number of aliphatic hydroxyl groups is 3. The van der Waals surface area contributed by atoms with Crippen molar-refractivity contribution in [2.75, 3.05) is 43.9 Å². The highest BCUT2D eigenvalue weighted by Gasteiger charge is 2.45. The lowest BCUT2D eigenvalue weighted by atomic mass is 9.85. The highest BCUT2D eigenvalue weighted by molar-refractivity contribution is 7.99. The summed E-state index contributed by atoms with van der Waals surface area (Å²) in [6.07, 6.45) is -3.42. The first kappa shape index (κ1) is 71.8. The van der Waals surface area contributed by atoms with Gasteiger partial charge in [0, 0.05) is 110 Å². The number of nitrogens with zero attached hydrogens (tertiary/aromatic N) is 2. The number of nitrogens with one attached hydrogen (secondary N) is 9. The van der Waals surface area contributed by atoms with Crippen LogP contribution in [-0.4, -0.2) is 193 Å². The number of Topliss-reactive ketones (excluding diaryl/α,β-unsaturated/α-hetero) is 3. The molecule has 4 aliphatic heterocycles. The lowest BCUT2D eigenvalue weighted by Crippen LogP contribution is -2.56. The number of imide groups is 1. The predicted molar refractivity (Wildman–Crippen MR) is 336 cm³/mol. The molecule has 29 heteroatoms. The second-order valence-electron chi connectivity index (χ2n) is 24.6. The summed E-state index contributed by atoms with van der Waals surface area (Å²) in [5.41, 5.74) is 1.91. The maximum absolute atomic E-state index is 15.1. The number of hydrogen-bond donors (Lipinski definition) is 12. The summed E-state index contributed by atoms with van der Waals surface area (Å²) in [6, 6.07) is 6.49. The van der Waals surface area contributed by atoms with E-state index in [0.717, 1.165) is 33.7 Å². The zero-order valence-corrected chi connectivity index (χ0v) is 53.6. The third-order valence-corrected chi connectivity index (χ3v) is 18.5. The van der Waals surface area contributed by atoms with Gasteiger partial charge in [-0.05, 0) is 47.6 Å². The average molecular weight is 1310 g/mol. The first-order chi connectivity index (χ1) is 44.2. The number of rotatable bonds is 19. The predicted octanol–water partition coefficient (Wildman–Crippen LogP) is -0.639. The molecule has 5 heterocycles. The Hall–Kier alpha value is -8.67. The number of carbonyl (C=O) groups excluding carboxylic acids is 14. The standard InChI is InChI=1S/C64H83N11O17S/c1-7-33(4)57-62(91)67-27-52(84)69-44-31-93-63-42(41-10-8-9-11-43(41)70-63)21-37(60(89)66-28-53(85)72-57)22-48(80)58(35(6)49(81)30-76)73-61(90)45-25-40(77)29-75(45)64(92)38(23-46(44)78)24-51(83)65-26-36-12-14-39(15-13-36)68-59(88)34(5)20-47(79)56(32(2)3)71-50(82)18-19-74-54(86)16-17-55(74)87/h8-17,32-35,37-38,40,44-45,49,56-58,70,76-77,81H,7,18-31H2,1-6H3,(H,65,83)(H,66,89)(H,67,91)(H,68,88)(H,69,84)(H,71,82)(H,72,85)(H,73,90)/t33-,34+,35-,37+,38-,40+,44-,45-,49-,56-,57-,58-/m0/s1. The fraction of sp³-hybridized carbons (Fsp3) is 0.531. The molecule has 1 fully saturated rings. The number of hydrogen-bond acceptors (Lipinski definition) is 18. The van der Waals surface area contributed by atoms with Crippen molar-refractivity contribution < 1.29 is 82.4 Å². The van der Waals surface area contributed by atoms with Crippen LogP contribution in [0.3, 0.4) is 0 Å². The highest BCUT2D eigenvalue weighted by Crippen LogP contribution is 2.35. The Morgan fingerprint density at radius 1 is 0.763 bits per heavy atom. The summed E-state index contributed by atoms with van der Waals surface area (Å²) >= 11 is 1.06. The Morgan fingerprint density at radius 2 is 1.43 bits per heavy atom. The van der Waals surface area contributed by atoms with Gasteiger partial charge in [0.25, 0.3) is 11.8 Å². The van der Waals surface area contributed by atoms with Gasteiger partial charge in [-0.2, -0.15) is 0 Å². The number of aliphatic hydroxyl groups excluding tert-OH is 3. The van der Waals surface area contributed by atoms with Crippen molar-refractivity contribution in [1.82, 2.24) is 52.0 Å². The van der Waals surface area contributed by atoms with E-state index in [0.29, 0.717) is 39.2 Å². The zero-order chi connectivity index (χ0) is 68.0. The second-order valence-corrected chi connectivity index (χ2v) is 25.7. The first-order valence-electron chi connectivity index (χ1n) is 31.2. The van der Waals surface area contributed by atoms with E-state index >= 15 is 9.59 Å². The van der Waals surface area contributed by atoms with Gasteiger partial charge >= 0.3 is 0 Å². The molecule has 1 aromatic heterocycles. The molecule has 4 aliphatic rings. The molecule has 0 spiro atoms. The van der Waals surface area contributed by atoms with E-state index < -0.39 is 200 Å². The lowest BCUT2D eigenvalue weighted by Gasteiger charge is -2.32. The fourth-order valence-electron chi connectivity index (χ4n) is 11.6. The Labute approximate surface area is 541 Å². The molecule has 11 amide bonds. The normalized spacial score (nSPS) is 24.0. The maximum Gasteiger partial charge on any atom is 0.253 e. The van der Waals surface area contributed by atoms with Gasteiger partial charge in [-0.1, -0.05) is 78.3 Å². The first-order valence-corrected chi connectivity index (χ1v) is 32.2. The van der Waals surface area contributed by atoms with E-state index in [1.54, 1.807) is 76.2 Å². The summed E-state index contributed by atoms with van der Waals surface area (Å²) in [7, 11) is 0. The van der Waals surface area contributed by atoms with Gasteiger partial charge in [0.1, 0.15) is 12.1 Å². The van der Waals surface area contributed by atoms with Crippen molar-refractivity contribution >= 4 is 111 Å². The number of ketones is 3. The van der Waals surface area contributed by atoms with E-state index in [4.69, 9.17) is 0 Å². The molecular formula is C64H83N11O17S. The molecule has 12 N–H and O–H groups in total. The molecule has 3 aromatic rings. The van der Waals surface area contributed by atoms with E-state index in [2.05, 4.69) is 47.5 Å². The topological polar surface area (TPSA) is 418 Å². The van der Waals surface area contributed by atoms with Crippen LogP contribution in [0.4, 0.5) is 5.69 Å². The molecule has 1 saturated heterocycles. The Morgan fingerprint density at radius 3 is 2.10 bits per heavy atom. The van der Waals surface area contributed by atoms with E-state index in [9.17, 15) is 72.9 Å². The molecule has 2 bridgehead atoms. The Balaban J connectivity index is 1.14. The van der Waals surface area contributed by atoms with Crippen LogP contribution in [0.25, 0.3) is 10.9 Å². The van der Waals surface area contributed by atoms with Crippen LogP contribution < -0.4 is 42.5 Å². The summed E-state index contributed by atoms with van der Waals surface area (Å²) in [5.74, 6) is -16.0. The largest absolute Gasteiger partial charge is 0.394 e. The number of amides is 11. The third-order valence-electron chi connectivity index (χ3n) is 17.3.